The highest BCUT2D eigenvalue weighted by atomic mass is 16.3. The number of anilines is 1. The van der Waals surface area contributed by atoms with Crippen LogP contribution in [0.1, 0.15) is 76.7 Å². The monoisotopic (exact) mass is 303 g/mol. The van der Waals surface area contributed by atoms with E-state index in [0.717, 1.165) is 18.5 Å². The molecule has 1 aliphatic carbocycles. The number of aryl methyl sites for hydroxylation is 1. The van der Waals surface area contributed by atoms with Gasteiger partial charge in [0.15, 0.2) is 0 Å². The van der Waals surface area contributed by atoms with Crippen LogP contribution >= 0.6 is 0 Å². The van der Waals surface area contributed by atoms with Crippen LogP contribution in [0, 0.1) is 0 Å². The number of hydrogen-bond acceptors (Lipinski definition) is 2. The highest BCUT2D eigenvalue weighted by Gasteiger charge is 2.32. The van der Waals surface area contributed by atoms with Crippen LogP contribution < -0.4 is 5.32 Å². The Bertz CT molecular complexity index is 406. The van der Waals surface area contributed by atoms with Gasteiger partial charge in [-0.05, 0) is 43.4 Å². The first-order valence-electron chi connectivity index (χ1n) is 9.26. The van der Waals surface area contributed by atoms with Gasteiger partial charge in [-0.1, -0.05) is 64.0 Å². The first-order valence-corrected chi connectivity index (χ1v) is 9.26. The number of aliphatic hydroxyl groups is 1. The zero-order valence-corrected chi connectivity index (χ0v) is 14.2. The van der Waals surface area contributed by atoms with Crippen molar-refractivity contribution in [3.63, 3.8) is 0 Å². The molecule has 1 aromatic rings. The number of aliphatic hydroxyl groups excluding tert-OH is 1. The van der Waals surface area contributed by atoms with Gasteiger partial charge in [0.2, 0.25) is 0 Å². The molecule has 0 unspecified atom stereocenters. The molecule has 0 radical (unpaired) electrons. The van der Waals surface area contributed by atoms with Gasteiger partial charge in [-0.25, -0.2) is 0 Å². The normalized spacial score (nSPS) is 16.8. The Morgan fingerprint density at radius 1 is 0.955 bits per heavy atom. The number of unbranched alkanes of at least 4 members (excludes halogenated alkanes) is 5. The van der Waals surface area contributed by atoms with Crippen molar-refractivity contribution in [1.82, 2.24) is 0 Å². The molecule has 1 aromatic carbocycles. The van der Waals surface area contributed by atoms with Crippen LogP contribution in [0.4, 0.5) is 5.69 Å². The van der Waals surface area contributed by atoms with Crippen molar-refractivity contribution in [3.8, 4) is 0 Å². The van der Waals surface area contributed by atoms with Gasteiger partial charge in [-0.2, -0.15) is 0 Å². The van der Waals surface area contributed by atoms with E-state index in [9.17, 15) is 5.11 Å². The standard InChI is InChI=1S/C20H33NO/c1-2-3-4-5-6-7-10-18-11-13-19(14-12-18)21-20(17-22)15-8-9-16-20/h11-14,21-22H,2-10,15-17H2,1H3. The van der Waals surface area contributed by atoms with E-state index in [2.05, 4.69) is 36.5 Å². The fourth-order valence-electron chi connectivity index (χ4n) is 3.54. The average molecular weight is 303 g/mol. The molecule has 1 saturated carbocycles. The summed E-state index contributed by atoms with van der Waals surface area (Å²) in [5, 5.41) is 13.2. The minimum absolute atomic E-state index is 0.0687. The first kappa shape index (κ1) is 17.3. The van der Waals surface area contributed by atoms with E-state index >= 15 is 0 Å². The minimum Gasteiger partial charge on any atom is -0.394 e. The second-order valence-corrected chi connectivity index (χ2v) is 6.99. The van der Waals surface area contributed by atoms with Crippen LogP contribution in [0.3, 0.4) is 0 Å². The summed E-state index contributed by atoms with van der Waals surface area (Å²) in [4.78, 5) is 0. The molecule has 2 heteroatoms. The fraction of sp³-hybridized carbons (Fsp3) is 0.700. The van der Waals surface area contributed by atoms with Crippen molar-refractivity contribution in [3.05, 3.63) is 29.8 Å². The second-order valence-electron chi connectivity index (χ2n) is 6.99. The average Bonchev–Trinajstić information content (AvgIpc) is 3.01. The van der Waals surface area contributed by atoms with E-state index in [-0.39, 0.29) is 12.1 Å². The van der Waals surface area contributed by atoms with Crippen molar-refractivity contribution in [2.24, 2.45) is 0 Å². The molecular formula is C20H33NO. The van der Waals surface area contributed by atoms with Gasteiger partial charge in [0.25, 0.3) is 0 Å². The number of rotatable bonds is 10. The molecule has 0 bridgehead atoms. The molecule has 22 heavy (non-hydrogen) atoms. The molecule has 0 amide bonds. The quantitative estimate of drug-likeness (QED) is 0.574. The van der Waals surface area contributed by atoms with Crippen molar-refractivity contribution < 1.29 is 5.11 Å². The third kappa shape index (κ3) is 5.31. The molecule has 0 heterocycles. The van der Waals surface area contributed by atoms with E-state index in [1.807, 2.05) is 0 Å². The van der Waals surface area contributed by atoms with Crippen LogP contribution in [-0.4, -0.2) is 17.3 Å². The van der Waals surface area contributed by atoms with Gasteiger partial charge in [-0.15, -0.1) is 0 Å². The Morgan fingerprint density at radius 2 is 1.59 bits per heavy atom. The fourth-order valence-corrected chi connectivity index (χ4v) is 3.54. The number of benzene rings is 1. The van der Waals surface area contributed by atoms with Gasteiger partial charge in [0.05, 0.1) is 12.1 Å². The maximum Gasteiger partial charge on any atom is 0.0661 e. The van der Waals surface area contributed by atoms with Gasteiger partial charge >= 0.3 is 0 Å². The molecule has 2 rings (SSSR count). The van der Waals surface area contributed by atoms with Crippen LogP contribution in [0.15, 0.2) is 24.3 Å². The first-order chi connectivity index (χ1) is 10.8. The number of nitrogens with one attached hydrogen (secondary N) is 1. The SMILES string of the molecule is CCCCCCCCc1ccc(NC2(CO)CCCC2)cc1. The Morgan fingerprint density at radius 3 is 2.23 bits per heavy atom. The smallest absolute Gasteiger partial charge is 0.0661 e. The maximum absolute atomic E-state index is 9.67. The molecule has 1 fully saturated rings. The summed E-state index contributed by atoms with van der Waals surface area (Å²) in [6.45, 7) is 2.51. The third-order valence-electron chi connectivity index (χ3n) is 5.05. The molecule has 0 aromatic heterocycles. The Kier molecular flexibility index (Phi) is 7.24. The molecular weight excluding hydrogens is 270 g/mol. The lowest BCUT2D eigenvalue weighted by Crippen LogP contribution is -2.38. The van der Waals surface area contributed by atoms with E-state index in [1.165, 1.54) is 63.4 Å². The summed E-state index contributed by atoms with van der Waals surface area (Å²) in [6.07, 6.45) is 14.0. The zero-order chi connectivity index (χ0) is 15.7. The lowest BCUT2D eigenvalue weighted by atomic mass is 9.98. The summed E-state index contributed by atoms with van der Waals surface area (Å²) in [5.41, 5.74) is 2.52. The topological polar surface area (TPSA) is 32.3 Å². The number of hydrogen-bond donors (Lipinski definition) is 2. The van der Waals surface area contributed by atoms with Gasteiger partial charge in [0.1, 0.15) is 0 Å². The third-order valence-corrected chi connectivity index (χ3v) is 5.05. The molecule has 1 aliphatic rings. The van der Waals surface area contributed by atoms with Crippen LogP contribution in [0.2, 0.25) is 0 Å². The van der Waals surface area contributed by atoms with E-state index in [0.29, 0.717) is 0 Å². The Balaban J connectivity index is 1.73. The molecule has 2 N–H and O–H groups in total. The molecule has 0 atom stereocenters. The van der Waals surface area contributed by atoms with Gasteiger partial charge < -0.3 is 10.4 Å². The van der Waals surface area contributed by atoms with Gasteiger partial charge in [0, 0.05) is 5.69 Å². The maximum atomic E-state index is 9.67. The predicted octanol–water partition coefficient (Wildman–Crippen LogP) is 5.31. The van der Waals surface area contributed by atoms with Crippen molar-refractivity contribution in [1.29, 1.82) is 0 Å². The summed E-state index contributed by atoms with van der Waals surface area (Å²) in [6, 6.07) is 8.85. The lowest BCUT2D eigenvalue weighted by Gasteiger charge is -2.29. The molecule has 2 nitrogen and oxygen atoms in total. The van der Waals surface area contributed by atoms with E-state index in [1.54, 1.807) is 0 Å². The highest BCUT2D eigenvalue weighted by molar-refractivity contribution is 5.47. The Labute approximate surface area is 136 Å². The zero-order valence-electron chi connectivity index (χ0n) is 14.2. The minimum atomic E-state index is -0.0687. The van der Waals surface area contributed by atoms with Crippen LogP contribution in [0.25, 0.3) is 0 Å². The van der Waals surface area contributed by atoms with Crippen molar-refractivity contribution >= 4 is 5.69 Å². The van der Waals surface area contributed by atoms with Crippen LogP contribution in [-0.2, 0) is 6.42 Å². The highest BCUT2D eigenvalue weighted by Crippen LogP contribution is 2.32. The van der Waals surface area contributed by atoms with E-state index in [4.69, 9.17) is 0 Å². The molecule has 0 spiro atoms. The largest absolute Gasteiger partial charge is 0.394 e. The summed E-state index contributed by atoms with van der Waals surface area (Å²) in [5.74, 6) is 0. The molecule has 0 saturated heterocycles. The molecule has 0 aliphatic heterocycles. The van der Waals surface area contributed by atoms with Gasteiger partial charge in [-0.3, -0.25) is 0 Å². The lowest BCUT2D eigenvalue weighted by molar-refractivity contribution is 0.214. The molecule has 124 valence electrons. The van der Waals surface area contributed by atoms with E-state index < -0.39 is 0 Å². The van der Waals surface area contributed by atoms with Crippen molar-refractivity contribution in [2.45, 2.75) is 83.1 Å². The Hall–Kier alpha value is -1.02. The van der Waals surface area contributed by atoms with Crippen LogP contribution in [0.5, 0.6) is 0 Å². The summed E-state index contributed by atoms with van der Waals surface area (Å²) in [7, 11) is 0. The summed E-state index contributed by atoms with van der Waals surface area (Å²) >= 11 is 0. The van der Waals surface area contributed by atoms with Crippen molar-refractivity contribution in [2.75, 3.05) is 11.9 Å². The summed E-state index contributed by atoms with van der Waals surface area (Å²) < 4.78 is 0. The predicted molar refractivity (Wildman–Crippen MR) is 95.4 cm³/mol. The second kappa shape index (κ2) is 9.19.